The summed E-state index contributed by atoms with van der Waals surface area (Å²) in [5.74, 6) is 1.53. The fourth-order valence-electron chi connectivity index (χ4n) is 2.46. The van der Waals surface area contributed by atoms with Crippen molar-refractivity contribution in [2.45, 2.75) is 65.8 Å². The van der Waals surface area contributed by atoms with E-state index >= 15 is 0 Å². The molecule has 1 N–H and O–H groups in total. The van der Waals surface area contributed by atoms with Crippen LogP contribution in [0.2, 0.25) is 0 Å². The first-order chi connectivity index (χ1) is 9.11. The first-order valence-corrected chi connectivity index (χ1v) is 7.71. The maximum atomic E-state index is 8.24. The molecule has 1 saturated carbocycles. The van der Waals surface area contributed by atoms with Crippen molar-refractivity contribution in [2.75, 3.05) is 6.61 Å². The van der Waals surface area contributed by atoms with E-state index in [-0.39, 0.29) is 0 Å². The van der Waals surface area contributed by atoms with E-state index in [1.54, 1.807) is 0 Å². The highest BCUT2D eigenvalue weighted by Crippen LogP contribution is 2.24. The Balaban J connectivity index is 0.000000258. The molecule has 3 nitrogen and oxygen atoms in total. The Labute approximate surface area is 118 Å². The molecule has 0 aliphatic heterocycles. The lowest BCUT2D eigenvalue weighted by Gasteiger charge is -2.21. The van der Waals surface area contributed by atoms with E-state index in [0.717, 1.165) is 18.9 Å². The Bertz CT molecular complexity index is 327. The molecule has 1 fully saturated rings. The number of hydrogen-bond acceptors (Lipinski definition) is 2. The number of aliphatic hydroxyl groups is 1. The predicted octanol–water partition coefficient (Wildman–Crippen LogP) is 3.80. The van der Waals surface area contributed by atoms with Crippen molar-refractivity contribution < 1.29 is 5.11 Å². The van der Waals surface area contributed by atoms with Crippen LogP contribution in [0.25, 0.3) is 0 Å². The SMILES string of the molecule is CC(C)CCO.Cc1cnn(CC2CCCCC2)c1. The number of aromatic nitrogens is 2. The van der Waals surface area contributed by atoms with Crippen molar-refractivity contribution >= 4 is 0 Å². The van der Waals surface area contributed by atoms with Gasteiger partial charge in [-0.2, -0.15) is 5.10 Å². The lowest BCUT2D eigenvalue weighted by atomic mass is 9.89. The second-order valence-electron chi connectivity index (χ2n) is 6.15. The molecule has 110 valence electrons. The molecule has 0 aromatic carbocycles. The van der Waals surface area contributed by atoms with Crippen molar-refractivity contribution in [3.05, 3.63) is 18.0 Å². The van der Waals surface area contributed by atoms with E-state index in [9.17, 15) is 0 Å². The Morgan fingerprint density at radius 2 is 2.00 bits per heavy atom. The van der Waals surface area contributed by atoms with Gasteiger partial charge in [0.1, 0.15) is 0 Å². The van der Waals surface area contributed by atoms with Gasteiger partial charge in [-0.1, -0.05) is 33.1 Å². The van der Waals surface area contributed by atoms with Gasteiger partial charge in [-0.3, -0.25) is 4.68 Å². The van der Waals surface area contributed by atoms with Crippen molar-refractivity contribution in [3.63, 3.8) is 0 Å². The Kier molecular flexibility index (Phi) is 7.80. The zero-order chi connectivity index (χ0) is 14.1. The minimum Gasteiger partial charge on any atom is -0.396 e. The molecule has 0 saturated heterocycles. The van der Waals surface area contributed by atoms with Crippen LogP contribution in [0, 0.1) is 18.8 Å². The summed E-state index contributed by atoms with van der Waals surface area (Å²) in [5.41, 5.74) is 1.27. The van der Waals surface area contributed by atoms with Crippen LogP contribution in [0.15, 0.2) is 12.4 Å². The molecule has 2 rings (SSSR count). The molecule has 1 heterocycles. The quantitative estimate of drug-likeness (QED) is 0.900. The first-order valence-electron chi connectivity index (χ1n) is 7.71. The smallest absolute Gasteiger partial charge is 0.0518 e. The molecule has 0 bridgehead atoms. The number of nitrogens with zero attached hydrogens (tertiary/aromatic N) is 2. The molecule has 3 heteroatoms. The molecule has 0 atom stereocenters. The summed E-state index contributed by atoms with van der Waals surface area (Å²) in [6.07, 6.45) is 12.1. The average molecular weight is 266 g/mol. The van der Waals surface area contributed by atoms with Gasteiger partial charge in [0.2, 0.25) is 0 Å². The van der Waals surface area contributed by atoms with Crippen LogP contribution in [0.1, 0.15) is 57.9 Å². The van der Waals surface area contributed by atoms with Gasteiger partial charge in [0.25, 0.3) is 0 Å². The summed E-state index contributed by atoms with van der Waals surface area (Å²) in [6, 6.07) is 0. The van der Waals surface area contributed by atoms with Crippen LogP contribution in [0.5, 0.6) is 0 Å². The molecular weight excluding hydrogens is 236 g/mol. The van der Waals surface area contributed by atoms with Crippen molar-refractivity contribution in [1.29, 1.82) is 0 Å². The van der Waals surface area contributed by atoms with Crippen LogP contribution in [0.4, 0.5) is 0 Å². The van der Waals surface area contributed by atoms with Gasteiger partial charge in [0.15, 0.2) is 0 Å². The third-order valence-electron chi connectivity index (χ3n) is 3.64. The van der Waals surface area contributed by atoms with Gasteiger partial charge in [-0.25, -0.2) is 0 Å². The van der Waals surface area contributed by atoms with Gasteiger partial charge in [0, 0.05) is 19.3 Å². The van der Waals surface area contributed by atoms with Crippen LogP contribution in [-0.2, 0) is 6.54 Å². The second kappa shape index (κ2) is 9.13. The zero-order valence-corrected chi connectivity index (χ0v) is 12.8. The van der Waals surface area contributed by atoms with Crippen LogP contribution in [-0.4, -0.2) is 21.5 Å². The highest BCUT2D eigenvalue weighted by atomic mass is 16.3. The zero-order valence-electron chi connectivity index (χ0n) is 12.8. The van der Waals surface area contributed by atoms with Gasteiger partial charge >= 0.3 is 0 Å². The van der Waals surface area contributed by atoms with Crippen LogP contribution >= 0.6 is 0 Å². The maximum absolute atomic E-state index is 8.24. The third kappa shape index (κ3) is 7.36. The normalized spacial score (nSPS) is 16.3. The largest absolute Gasteiger partial charge is 0.396 e. The van der Waals surface area contributed by atoms with Crippen LogP contribution in [0.3, 0.4) is 0 Å². The van der Waals surface area contributed by atoms with Gasteiger partial charge in [0.05, 0.1) is 6.20 Å². The minimum atomic E-state index is 0.331. The number of aryl methyl sites for hydroxylation is 1. The molecule has 1 aromatic heterocycles. The summed E-state index contributed by atoms with van der Waals surface area (Å²) in [6.45, 7) is 7.75. The molecule has 19 heavy (non-hydrogen) atoms. The van der Waals surface area contributed by atoms with Crippen LogP contribution < -0.4 is 0 Å². The van der Waals surface area contributed by atoms with E-state index in [4.69, 9.17) is 5.11 Å². The summed E-state index contributed by atoms with van der Waals surface area (Å²) in [5, 5.41) is 12.6. The van der Waals surface area contributed by atoms with Gasteiger partial charge in [-0.15, -0.1) is 0 Å². The molecular formula is C16H30N2O. The number of hydrogen-bond donors (Lipinski definition) is 1. The Morgan fingerprint density at radius 3 is 2.42 bits per heavy atom. The molecule has 0 radical (unpaired) electrons. The molecule has 0 unspecified atom stereocenters. The summed E-state index contributed by atoms with van der Waals surface area (Å²) < 4.78 is 2.10. The monoisotopic (exact) mass is 266 g/mol. The minimum absolute atomic E-state index is 0.331. The lowest BCUT2D eigenvalue weighted by Crippen LogP contribution is -2.14. The molecule has 1 aliphatic carbocycles. The van der Waals surface area contributed by atoms with E-state index in [0.29, 0.717) is 12.5 Å². The van der Waals surface area contributed by atoms with Crippen molar-refractivity contribution in [3.8, 4) is 0 Å². The van der Waals surface area contributed by atoms with Gasteiger partial charge < -0.3 is 5.11 Å². The van der Waals surface area contributed by atoms with E-state index in [1.165, 1.54) is 37.7 Å². The summed E-state index contributed by atoms with van der Waals surface area (Å²) >= 11 is 0. The lowest BCUT2D eigenvalue weighted by molar-refractivity contribution is 0.268. The first kappa shape index (κ1) is 16.2. The Morgan fingerprint density at radius 1 is 1.32 bits per heavy atom. The van der Waals surface area contributed by atoms with E-state index < -0.39 is 0 Å². The highest BCUT2D eigenvalue weighted by Gasteiger charge is 2.13. The topological polar surface area (TPSA) is 38.1 Å². The summed E-state index contributed by atoms with van der Waals surface area (Å²) in [4.78, 5) is 0. The van der Waals surface area contributed by atoms with Crippen molar-refractivity contribution in [1.82, 2.24) is 9.78 Å². The average Bonchev–Trinajstić information content (AvgIpc) is 2.77. The molecule has 1 aliphatic rings. The predicted molar refractivity (Wildman–Crippen MR) is 80.1 cm³/mol. The molecule has 0 amide bonds. The van der Waals surface area contributed by atoms with E-state index in [1.807, 2.05) is 6.20 Å². The highest BCUT2D eigenvalue weighted by molar-refractivity contribution is 4.99. The maximum Gasteiger partial charge on any atom is 0.0518 e. The number of aliphatic hydroxyl groups excluding tert-OH is 1. The Hall–Kier alpha value is -0.830. The van der Waals surface area contributed by atoms with Gasteiger partial charge in [-0.05, 0) is 43.6 Å². The molecule has 1 aromatic rings. The molecule has 0 spiro atoms. The third-order valence-corrected chi connectivity index (χ3v) is 3.64. The second-order valence-corrected chi connectivity index (χ2v) is 6.15. The number of rotatable bonds is 4. The summed E-state index contributed by atoms with van der Waals surface area (Å²) in [7, 11) is 0. The standard InChI is InChI=1S/C11H18N2.C5H12O/c1-10-7-12-13(8-10)9-11-5-3-2-4-6-11;1-5(2)3-4-6/h7-8,11H,2-6,9H2,1H3;5-6H,3-4H2,1-2H3. The fourth-order valence-corrected chi connectivity index (χ4v) is 2.46. The van der Waals surface area contributed by atoms with Crippen molar-refractivity contribution in [2.24, 2.45) is 11.8 Å². The van der Waals surface area contributed by atoms with E-state index in [2.05, 4.69) is 36.7 Å². The fraction of sp³-hybridized carbons (Fsp3) is 0.812.